The van der Waals surface area contributed by atoms with Crippen molar-refractivity contribution in [1.29, 1.82) is 0 Å². The van der Waals surface area contributed by atoms with E-state index in [1.165, 1.54) is 6.92 Å². The van der Waals surface area contributed by atoms with Crippen molar-refractivity contribution >= 4 is 35.5 Å². The smallest absolute Gasteiger partial charge is 0.328 e. The lowest BCUT2D eigenvalue weighted by Crippen LogP contribution is -2.58. The maximum Gasteiger partial charge on any atom is 0.328 e. The topological polar surface area (TPSA) is 257 Å². The Morgan fingerprint density at radius 3 is 1.76 bits per heavy atom. The van der Waals surface area contributed by atoms with Crippen LogP contribution in [0.5, 0.6) is 0 Å². The zero-order valence-electron chi connectivity index (χ0n) is 15.9. The molecule has 0 saturated heterocycles. The molecule has 0 aromatic heterocycles. The van der Waals surface area contributed by atoms with Gasteiger partial charge in [0, 0.05) is 0 Å². The van der Waals surface area contributed by atoms with E-state index in [4.69, 9.17) is 22.3 Å². The van der Waals surface area contributed by atoms with E-state index >= 15 is 0 Å². The van der Waals surface area contributed by atoms with Crippen LogP contribution in [0, 0.1) is 0 Å². The molecule has 0 aliphatic rings. The van der Waals surface area contributed by atoms with Crippen LogP contribution in [0.25, 0.3) is 0 Å². The monoisotopic (exact) mass is 418 g/mol. The SMILES string of the molecule is CC(NC(=O)C(CC(N)=O)NC(=O)C(N)CC(N)=O)C(=O)NC(C(=O)O)C(C)O. The Labute approximate surface area is 165 Å². The minimum absolute atomic E-state index is 0.508. The van der Waals surface area contributed by atoms with Crippen molar-refractivity contribution in [2.45, 2.75) is 57.0 Å². The predicted octanol–water partition coefficient (Wildman–Crippen LogP) is -5.00. The Morgan fingerprint density at radius 1 is 0.828 bits per heavy atom. The molecule has 5 atom stereocenters. The number of nitrogens with one attached hydrogen (secondary N) is 3. The number of carbonyl (C=O) groups excluding carboxylic acids is 5. The van der Waals surface area contributed by atoms with Gasteiger partial charge in [0.2, 0.25) is 29.5 Å². The summed E-state index contributed by atoms with van der Waals surface area (Å²) in [5.74, 6) is -6.20. The molecule has 0 aromatic rings. The number of primary amides is 2. The third-order valence-electron chi connectivity index (χ3n) is 3.59. The van der Waals surface area contributed by atoms with Crippen molar-refractivity contribution in [3.05, 3.63) is 0 Å². The number of aliphatic carboxylic acids is 1. The Hall–Kier alpha value is -3.26. The van der Waals surface area contributed by atoms with Gasteiger partial charge >= 0.3 is 5.97 Å². The number of aliphatic hydroxyl groups is 1. The number of hydrogen-bond donors (Lipinski definition) is 8. The highest BCUT2D eigenvalue weighted by atomic mass is 16.4. The number of rotatable bonds is 12. The zero-order chi connectivity index (χ0) is 22.9. The van der Waals surface area contributed by atoms with Crippen LogP contribution >= 0.6 is 0 Å². The first-order valence-electron chi connectivity index (χ1n) is 8.40. The van der Waals surface area contributed by atoms with Gasteiger partial charge in [-0.05, 0) is 13.8 Å². The lowest BCUT2D eigenvalue weighted by molar-refractivity contribution is -0.145. The summed E-state index contributed by atoms with van der Waals surface area (Å²) >= 11 is 0. The standard InChI is InChI=1S/C15H26N6O8/c1-5(12(25)21-11(6(2)22)15(28)29)19-14(27)8(4-10(18)24)20-13(26)7(16)3-9(17)23/h5-8,11,22H,3-4,16H2,1-2H3,(H2,17,23)(H2,18,24)(H,19,27)(H,20,26)(H,21,25)(H,28,29). The number of aliphatic hydroxyl groups excluding tert-OH is 1. The molecule has 5 unspecified atom stereocenters. The molecular weight excluding hydrogens is 392 g/mol. The quantitative estimate of drug-likeness (QED) is 0.151. The predicted molar refractivity (Wildman–Crippen MR) is 96.4 cm³/mol. The first-order chi connectivity index (χ1) is 13.3. The van der Waals surface area contributed by atoms with Gasteiger partial charge < -0.3 is 43.4 Å². The van der Waals surface area contributed by atoms with E-state index in [1.54, 1.807) is 0 Å². The van der Waals surface area contributed by atoms with Gasteiger partial charge in [0.25, 0.3) is 0 Å². The highest BCUT2D eigenvalue weighted by Crippen LogP contribution is 1.99. The Kier molecular flexibility index (Phi) is 10.3. The van der Waals surface area contributed by atoms with Crippen LogP contribution in [-0.2, 0) is 28.8 Å². The molecule has 29 heavy (non-hydrogen) atoms. The molecule has 14 nitrogen and oxygen atoms in total. The van der Waals surface area contributed by atoms with E-state index in [1.807, 2.05) is 5.32 Å². The van der Waals surface area contributed by atoms with Gasteiger partial charge in [-0.25, -0.2) is 4.79 Å². The number of hydrogen-bond acceptors (Lipinski definition) is 8. The number of carbonyl (C=O) groups is 6. The molecular formula is C15H26N6O8. The van der Waals surface area contributed by atoms with Crippen molar-refractivity contribution in [2.75, 3.05) is 0 Å². The largest absolute Gasteiger partial charge is 0.480 e. The average molecular weight is 418 g/mol. The number of nitrogens with two attached hydrogens (primary N) is 3. The van der Waals surface area contributed by atoms with Crippen molar-refractivity contribution in [3.8, 4) is 0 Å². The summed E-state index contributed by atoms with van der Waals surface area (Å²) < 4.78 is 0. The van der Waals surface area contributed by atoms with E-state index in [9.17, 15) is 33.9 Å². The van der Waals surface area contributed by atoms with Gasteiger partial charge in [0.1, 0.15) is 12.1 Å². The molecule has 0 bridgehead atoms. The van der Waals surface area contributed by atoms with E-state index in [2.05, 4.69) is 10.6 Å². The average Bonchev–Trinajstić information content (AvgIpc) is 2.56. The molecule has 0 spiro atoms. The maximum atomic E-state index is 12.3. The fraction of sp³-hybridized carbons (Fsp3) is 0.600. The fourth-order valence-electron chi connectivity index (χ4n) is 2.05. The van der Waals surface area contributed by atoms with Gasteiger partial charge in [-0.1, -0.05) is 0 Å². The Bertz CT molecular complexity index is 667. The summed E-state index contributed by atoms with van der Waals surface area (Å²) in [4.78, 5) is 69.3. The summed E-state index contributed by atoms with van der Waals surface area (Å²) in [5, 5.41) is 24.6. The minimum atomic E-state index is -1.62. The van der Waals surface area contributed by atoms with Crippen molar-refractivity contribution in [2.24, 2.45) is 17.2 Å². The minimum Gasteiger partial charge on any atom is -0.480 e. The van der Waals surface area contributed by atoms with Crippen LogP contribution < -0.4 is 33.2 Å². The second kappa shape index (κ2) is 11.6. The third-order valence-corrected chi connectivity index (χ3v) is 3.59. The van der Waals surface area contributed by atoms with Crippen molar-refractivity contribution in [3.63, 3.8) is 0 Å². The number of carboxylic acid groups (broad SMARTS) is 1. The third kappa shape index (κ3) is 9.48. The zero-order valence-corrected chi connectivity index (χ0v) is 15.9. The fourth-order valence-corrected chi connectivity index (χ4v) is 2.05. The second-order valence-corrected chi connectivity index (χ2v) is 6.30. The van der Waals surface area contributed by atoms with Crippen LogP contribution in [0.2, 0.25) is 0 Å². The van der Waals surface area contributed by atoms with Crippen LogP contribution in [0.4, 0.5) is 0 Å². The normalized spacial score (nSPS) is 15.7. The highest BCUT2D eigenvalue weighted by Gasteiger charge is 2.30. The van der Waals surface area contributed by atoms with E-state index < -0.39 is 78.6 Å². The van der Waals surface area contributed by atoms with Gasteiger partial charge in [0.05, 0.1) is 25.0 Å². The molecule has 0 fully saturated rings. The lowest BCUT2D eigenvalue weighted by Gasteiger charge is -2.23. The van der Waals surface area contributed by atoms with E-state index in [0.29, 0.717) is 0 Å². The molecule has 14 heteroatoms. The lowest BCUT2D eigenvalue weighted by atomic mass is 10.1. The summed E-state index contributed by atoms with van der Waals surface area (Å²) in [6.45, 7) is 2.35. The molecule has 0 rings (SSSR count). The summed E-state index contributed by atoms with van der Waals surface area (Å²) in [7, 11) is 0. The second-order valence-electron chi connectivity index (χ2n) is 6.30. The number of amides is 5. The Morgan fingerprint density at radius 2 is 1.34 bits per heavy atom. The van der Waals surface area contributed by atoms with Crippen LogP contribution in [0.1, 0.15) is 26.7 Å². The summed E-state index contributed by atoms with van der Waals surface area (Å²) in [6, 6.07) is -5.80. The molecule has 164 valence electrons. The van der Waals surface area contributed by atoms with Gasteiger partial charge in [-0.3, -0.25) is 24.0 Å². The first-order valence-corrected chi connectivity index (χ1v) is 8.40. The van der Waals surface area contributed by atoms with Crippen LogP contribution in [0.15, 0.2) is 0 Å². The van der Waals surface area contributed by atoms with Gasteiger partial charge in [-0.2, -0.15) is 0 Å². The molecule has 11 N–H and O–H groups in total. The molecule has 0 saturated carbocycles. The number of carboxylic acids is 1. The van der Waals surface area contributed by atoms with E-state index in [0.717, 1.165) is 6.92 Å². The van der Waals surface area contributed by atoms with Crippen molar-refractivity contribution < 1.29 is 39.0 Å². The van der Waals surface area contributed by atoms with Crippen LogP contribution in [0.3, 0.4) is 0 Å². The molecule has 0 aliphatic carbocycles. The molecule has 0 aliphatic heterocycles. The van der Waals surface area contributed by atoms with Crippen molar-refractivity contribution in [1.82, 2.24) is 16.0 Å². The molecule has 0 radical (unpaired) electrons. The van der Waals surface area contributed by atoms with Gasteiger partial charge in [0.15, 0.2) is 6.04 Å². The molecule has 5 amide bonds. The van der Waals surface area contributed by atoms with E-state index in [-0.39, 0.29) is 0 Å². The van der Waals surface area contributed by atoms with Gasteiger partial charge in [-0.15, -0.1) is 0 Å². The summed E-state index contributed by atoms with van der Waals surface area (Å²) in [5.41, 5.74) is 15.4. The summed E-state index contributed by atoms with van der Waals surface area (Å²) in [6.07, 6.45) is -2.56. The first kappa shape index (κ1) is 25.7. The Balaban J connectivity index is 5.10. The van der Waals surface area contributed by atoms with Crippen LogP contribution in [-0.4, -0.2) is 76.0 Å². The maximum absolute atomic E-state index is 12.3. The molecule has 0 heterocycles. The highest BCUT2D eigenvalue weighted by molar-refractivity contribution is 5.96. The molecule has 0 aromatic carbocycles.